The highest BCUT2D eigenvalue weighted by Crippen LogP contribution is 2.36. The molecule has 0 fully saturated rings. The van der Waals surface area contributed by atoms with E-state index in [1.54, 1.807) is 44.5 Å². The summed E-state index contributed by atoms with van der Waals surface area (Å²) in [6.07, 6.45) is -0.423. The molecule has 2 aromatic carbocycles. The minimum atomic E-state index is -2.64. The molecule has 0 aliphatic heterocycles. The molecule has 31 heavy (non-hydrogen) atoms. The van der Waals surface area contributed by atoms with Crippen LogP contribution in [0.25, 0.3) is 22.3 Å². The normalized spacial score (nSPS) is 10.9. The molecule has 1 aromatic heterocycles. The van der Waals surface area contributed by atoms with Gasteiger partial charge in [0, 0.05) is 29.4 Å². The molecular formula is C25H25F2NO3. The number of esters is 1. The van der Waals surface area contributed by atoms with Gasteiger partial charge in [0.2, 0.25) is 0 Å². The van der Waals surface area contributed by atoms with Gasteiger partial charge in [0.1, 0.15) is 5.75 Å². The van der Waals surface area contributed by atoms with Crippen molar-refractivity contribution < 1.29 is 23.0 Å². The third-order valence-electron chi connectivity index (χ3n) is 5.04. The quantitative estimate of drug-likeness (QED) is 0.405. The molecule has 4 nitrogen and oxygen atoms in total. The van der Waals surface area contributed by atoms with Gasteiger partial charge in [-0.25, -0.2) is 8.78 Å². The summed E-state index contributed by atoms with van der Waals surface area (Å²) in [5.74, 6) is 0.339. The zero-order valence-corrected chi connectivity index (χ0v) is 17.8. The Hall–Kier alpha value is -3.28. The molecule has 0 atom stereocenters. The SMILES string of the molecule is CCOC(=O)CCc1cc(OC)ccc1-c1ccc(-c2ccc(C)nc2)c(C(F)F)c1. The first-order chi connectivity index (χ1) is 14.9. The first-order valence-electron chi connectivity index (χ1n) is 10.1. The number of pyridine rings is 1. The lowest BCUT2D eigenvalue weighted by molar-refractivity contribution is -0.143. The zero-order valence-electron chi connectivity index (χ0n) is 17.8. The van der Waals surface area contributed by atoms with E-state index in [9.17, 15) is 13.6 Å². The summed E-state index contributed by atoms with van der Waals surface area (Å²) in [5.41, 5.74) is 4.12. The molecule has 0 aliphatic carbocycles. The van der Waals surface area contributed by atoms with Gasteiger partial charge in [-0.3, -0.25) is 9.78 Å². The van der Waals surface area contributed by atoms with E-state index >= 15 is 0 Å². The second-order valence-electron chi connectivity index (χ2n) is 7.12. The summed E-state index contributed by atoms with van der Waals surface area (Å²) in [4.78, 5) is 16.1. The number of methoxy groups -OCH3 is 1. The number of aromatic nitrogens is 1. The Morgan fingerprint density at radius 1 is 1.03 bits per heavy atom. The largest absolute Gasteiger partial charge is 0.497 e. The summed E-state index contributed by atoms with van der Waals surface area (Å²) in [6, 6.07) is 14.1. The van der Waals surface area contributed by atoms with Gasteiger partial charge in [-0.05, 0) is 66.8 Å². The summed E-state index contributed by atoms with van der Waals surface area (Å²) in [6.45, 7) is 3.92. The molecular weight excluding hydrogens is 400 g/mol. The summed E-state index contributed by atoms with van der Waals surface area (Å²) >= 11 is 0. The molecule has 0 amide bonds. The van der Waals surface area contributed by atoms with Crippen LogP contribution in [0.3, 0.4) is 0 Å². The molecule has 1 heterocycles. The second kappa shape index (κ2) is 10.2. The zero-order chi connectivity index (χ0) is 22.4. The molecule has 6 heteroatoms. The number of hydrogen-bond donors (Lipinski definition) is 0. The molecule has 0 saturated carbocycles. The molecule has 0 N–H and O–H groups in total. The van der Waals surface area contributed by atoms with Crippen LogP contribution in [-0.2, 0) is 16.0 Å². The molecule has 0 aliphatic rings. The van der Waals surface area contributed by atoms with E-state index in [0.717, 1.165) is 16.8 Å². The minimum absolute atomic E-state index is 0.0599. The first kappa shape index (κ1) is 22.4. The lowest BCUT2D eigenvalue weighted by atomic mass is 9.92. The average Bonchev–Trinajstić information content (AvgIpc) is 2.78. The van der Waals surface area contributed by atoms with Crippen LogP contribution in [0.1, 0.15) is 36.6 Å². The lowest BCUT2D eigenvalue weighted by Gasteiger charge is -2.15. The van der Waals surface area contributed by atoms with Crippen LogP contribution in [0.5, 0.6) is 5.75 Å². The topological polar surface area (TPSA) is 48.4 Å². The van der Waals surface area contributed by atoms with Crippen LogP contribution < -0.4 is 4.74 Å². The van der Waals surface area contributed by atoms with Crippen molar-refractivity contribution in [2.45, 2.75) is 33.1 Å². The van der Waals surface area contributed by atoms with E-state index in [0.29, 0.717) is 35.5 Å². The predicted molar refractivity (Wildman–Crippen MR) is 116 cm³/mol. The Morgan fingerprint density at radius 3 is 2.42 bits per heavy atom. The highest BCUT2D eigenvalue weighted by Gasteiger charge is 2.18. The lowest BCUT2D eigenvalue weighted by Crippen LogP contribution is -2.06. The Balaban J connectivity index is 2.02. The van der Waals surface area contributed by atoms with Crippen molar-refractivity contribution in [3.8, 4) is 28.0 Å². The molecule has 162 valence electrons. The number of aryl methyl sites for hydroxylation is 2. The predicted octanol–water partition coefficient (Wildman–Crippen LogP) is 6.17. The Labute approximate surface area is 180 Å². The van der Waals surface area contributed by atoms with Gasteiger partial charge in [0.05, 0.1) is 13.7 Å². The Morgan fingerprint density at radius 2 is 1.77 bits per heavy atom. The van der Waals surface area contributed by atoms with Gasteiger partial charge in [0.25, 0.3) is 6.43 Å². The van der Waals surface area contributed by atoms with Crippen molar-refractivity contribution in [2.24, 2.45) is 0 Å². The fourth-order valence-electron chi connectivity index (χ4n) is 3.46. The fraction of sp³-hybridized carbons (Fsp3) is 0.280. The first-order valence-corrected chi connectivity index (χ1v) is 10.1. The van der Waals surface area contributed by atoms with E-state index < -0.39 is 6.43 Å². The molecule has 0 saturated heterocycles. The number of nitrogens with zero attached hydrogens (tertiary/aromatic N) is 1. The Kier molecular flexibility index (Phi) is 7.34. The van der Waals surface area contributed by atoms with Crippen LogP contribution >= 0.6 is 0 Å². The van der Waals surface area contributed by atoms with Crippen LogP contribution in [0.15, 0.2) is 54.7 Å². The number of alkyl halides is 2. The number of rotatable bonds is 8. The van der Waals surface area contributed by atoms with E-state index in [-0.39, 0.29) is 18.0 Å². The van der Waals surface area contributed by atoms with Crippen LogP contribution in [0, 0.1) is 6.92 Å². The van der Waals surface area contributed by atoms with E-state index in [1.807, 2.05) is 25.1 Å². The number of carbonyl (C=O) groups is 1. The molecule has 0 unspecified atom stereocenters. The maximum atomic E-state index is 13.9. The van der Waals surface area contributed by atoms with E-state index in [2.05, 4.69) is 4.98 Å². The maximum Gasteiger partial charge on any atom is 0.306 e. The smallest absolute Gasteiger partial charge is 0.306 e. The average molecular weight is 425 g/mol. The third-order valence-corrected chi connectivity index (χ3v) is 5.04. The van der Waals surface area contributed by atoms with E-state index in [4.69, 9.17) is 9.47 Å². The summed E-state index contributed by atoms with van der Waals surface area (Å²) in [5, 5.41) is 0. The van der Waals surface area contributed by atoms with Crippen LogP contribution in [0.2, 0.25) is 0 Å². The highest BCUT2D eigenvalue weighted by atomic mass is 19.3. The molecule has 3 aromatic rings. The van der Waals surface area contributed by atoms with E-state index in [1.165, 1.54) is 6.07 Å². The van der Waals surface area contributed by atoms with Gasteiger partial charge in [-0.15, -0.1) is 0 Å². The van der Waals surface area contributed by atoms with Gasteiger partial charge in [0.15, 0.2) is 0 Å². The van der Waals surface area contributed by atoms with Gasteiger partial charge < -0.3 is 9.47 Å². The van der Waals surface area contributed by atoms with Crippen LogP contribution in [-0.4, -0.2) is 24.7 Å². The van der Waals surface area contributed by atoms with Gasteiger partial charge in [-0.1, -0.05) is 24.3 Å². The second-order valence-corrected chi connectivity index (χ2v) is 7.12. The van der Waals surface area contributed by atoms with Crippen molar-refractivity contribution in [1.82, 2.24) is 4.98 Å². The summed E-state index contributed by atoms with van der Waals surface area (Å²) < 4.78 is 38.2. The fourth-order valence-corrected chi connectivity index (χ4v) is 3.46. The molecule has 0 bridgehead atoms. The third kappa shape index (κ3) is 5.45. The standard InChI is InChI=1S/C25H25F2NO3/c1-4-31-24(29)12-8-17-13-20(30-3)9-11-21(17)18-7-10-22(23(14-18)25(26)27)19-6-5-16(2)28-15-19/h5-7,9-11,13-15,25H,4,8,12H2,1-3H3. The molecule has 0 radical (unpaired) electrons. The van der Waals surface area contributed by atoms with Crippen LogP contribution in [0.4, 0.5) is 8.78 Å². The number of benzene rings is 2. The molecule has 0 spiro atoms. The van der Waals surface area contributed by atoms with Gasteiger partial charge in [-0.2, -0.15) is 0 Å². The highest BCUT2D eigenvalue weighted by molar-refractivity contribution is 5.76. The Bertz CT molecular complexity index is 1050. The number of carbonyl (C=O) groups excluding carboxylic acids is 1. The minimum Gasteiger partial charge on any atom is -0.497 e. The van der Waals surface area contributed by atoms with Crippen molar-refractivity contribution in [1.29, 1.82) is 0 Å². The monoisotopic (exact) mass is 425 g/mol. The molecule has 3 rings (SSSR count). The van der Waals surface area contributed by atoms with Crippen molar-refractivity contribution in [2.75, 3.05) is 13.7 Å². The van der Waals surface area contributed by atoms with Crippen molar-refractivity contribution >= 4 is 5.97 Å². The number of halogens is 2. The van der Waals surface area contributed by atoms with Gasteiger partial charge >= 0.3 is 5.97 Å². The summed E-state index contributed by atoms with van der Waals surface area (Å²) in [7, 11) is 1.56. The van der Waals surface area contributed by atoms with Crippen molar-refractivity contribution in [3.05, 3.63) is 71.5 Å². The number of ether oxygens (including phenoxy) is 2. The number of hydrogen-bond acceptors (Lipinski definition) is 4. The van der Waals surface area contributed by atoms with Crippen molar-refractivity contribution in [3.63, 3.8) is 0 Å². The maximum absolute atomic E-state index is 13.9.